The van der Waals surface area contributed by atoms with Crippen LogP contribution in [0, 0.1) is 18.7 Å². The Bertz CT molecular complexity index is 1120. The van der Waals surface area contributed by atoms with E-state index in [-0.39, 0.29) is 18.2 Å². The first-order valence-electron chi connectivity index (χ1n) is 10.6. The van der Waals surface area contributed by atoms with Gasteiger partial charge in [-0.05, 0) is 60.9 Å². The molecule has 3 aromatic rings. The van der Waals surface area contributed by atoms with Crippen LogP contribution in [0.15, 0.2) is 72.8 Å². The van der Waals surface area contributed by atoms with Gasteiger partial charge in [0.2, 0.25) is 11.8 Å². The maximum Gasteiger partial charge on any atom is 0.229 e. The van der Waals surface area contributed by atoms with E-state index in [2.05, 4.69) is 5.32 Å². The molecule has 0 radical (unpaired) electrons. The van der Waals surface area contributed by atoms with Crippen molar-refractivity contribution >= 4 is 23.2 Å². The Balaban J connectivity index is 1.72. The number of carbonyl (C=O) groups is 2. The molecule has 0 aromatic heterocycles. The van der Waals surface area contributed by atoms with Crippen molar-refractivity contribution < 1.29 is 18.7 Å². The minimum atomic E-state index is -0.500. The van der Waals surface area contributed by atoms with E-state index in [0.29, 0.717) is 23.5 Å². The lowest BCUT2D eigenvalue weighted by molar-refractivity contribution is -0.125. The minimum Gasteiger partial charge on any atom is -0.497 e. The van der Waals surface area contributed by atoms with Gasteiger partial charge in [0, 0.05) is 17.8 Å². The number of aryl methyl sites for hydroxylation is 1. The Morgan fingerprint density at radius 2 is 1.78 bits per heavy atom. The number of anilines is 2. The molecule has 1 saturated heterocycles. The van der Waals surface area contributed by atoms with Crippen LogP contribution in [0.25, 0.3) is 0 Å². The zero-order chi connectivity index (χ0) is 22.7. The van der Waals surface area contributed by atoms with Crippen molar-refractivity contribution in [2.45, 2.75) is 25.8 Å². The summed E-state index contributed by atoms with van der Waals surface area (Å²) < 4.78 is 19.0. The van der Waals surface area contributed by atoms with Gasteiger partial charge in [0.05, 0.1) is 19.1 Å². The second kappa shape index (κ2) is 9.22. The summed E-state index contributed by atoms with van der Waals surface area (Å²) in [6, 6.07) is 20.6. The van der Waals surface area contributed by atoms with Crippen molar-refractivity contribution in [3.8, 4) is 5.75 Å². The summed E-state index contributed by atoms with van der Waals surface area (Å²) in [4.78, 5) is 28.2. The van der Waals surface area contributed by atoms with Crippen LogP contribution in [-0.4, -0.2) is 18.9 Å². The van der Waals surface area contributed by atoms with Crippen LogP contribution in [0.2, 0.25) is 0 Å². The number of methoxy groups -OCH3 is 1. The Hall–Kier alpha value is -3.67. The summed E-state index contributed by atoms with van der Waals surface area (Å²) in [5.74, 6) is -0.511. The van der Waals surface area contributed by atoms with Crippen molar-refractivity contribution in [1.82, 2.24) is 0 Å². The van der Waals surface area contributed by atoms with E-state index in [1.54, 1.807) is 30.2 Å². The molecule has 1 N–H and O–H groups in total. The van der Waals surface area contributed by atoms with Crippen molar-refractivity contribution in [3.63, 3.8) is 0 Å². The SMILES string of the molecule is COc1ccc(N2C(=O)CC[C@@H](C(=O)Nc3cc(F)ccc3C)[C@@H]2c2ccccc2)cc1. The first kappa shape index (κ1) is 21.6. The molecule has 164 valence electrons. The molecule has 4 rings (SSSR count). The molecule has 2 atom stereocenters. The molecular formula is C26H25FN2O3. The molecule has 0 unspecified atom stereocenters. The zero-order valence-corrected chi connectivity index (χ0v) is 18.0. The fourth-order valence-corrected chi connectivity index (χ4v) is 4.20. The van der Waals surface area contributed by atoms with Gasteiger partial charge in [0.25, 0.3) is 0 Å². The van der Waals surface area contributed by atoms with E-state index in [0.717, 1.165) is 11.1 Å². The molecule has 1 aliphatic rings. The quantitative estimate of drug-likeness (QED) is 0.598. The summed E-state index contributed by atoms with van der Waals surface area (Å²) in [5.41, 5.74) is 2.78. The molecule has 2 amide bonds. The van der Waals surface area contributed by atoms with Gasteiger partial charge < -0.3 is 15.0 Å². The van der Waals surface area contributed by atoms with Crippen molar-refractivity contribution in [1.29, 1.82) is 0 Å². The summed E-state index contributed by atoms with van der Waals surface area (Å²) in [7, 11) is 1.59. The summed E-state index contributed by atoms with van der Waals surface area (Å²) in [5, 5.41) is 2.89. The first-order chi connectivity index (χ1) is 15.5. The highest BCUT2D eigenvalue weighted by Gasteiger charge is 2.41. The number of halogens is 1. The normalized spacial score (nSPS) is 18.3. The van der Waals surface area contributed by atoms with Gasteiger partial charge in [-0.2, -0.15) is 0 Å². The van der Waals surface area contributed by atoms with E-state index in [1.165, 1.54) is 12.1 Å². The number of ether oxygens (including phenoxy) is 1. The van der Waals surface area contributed by atoms with Crippen LogP contribution in [0.1, 0.15) is 30.0 Å². The Labute approximate surface area is 186 Å². The average Bonchev–Trinajstić information content (AvgIpc) is 2.82. The summed E-state index contributed by atoms with van der Waals surface area (Å²) in [6.45, 7) is 1.82. The molecule has 5 nitrogen and oxygen atoms in total. The third kappa shape index (κ3) is 4.35. The van der Waals surface area contributed by atoms with Crippen molar-refractivity contribution in [2.75, 3.05) is 17.3 Å². The van der Waals surface area contributed by atoms with Crippen LogP contribution >= 0.6 is 0 Å². The number of rotatable bonds is 5. The van der Waals surface area contributed by atoms with Gasteiger partial charge in [-0.25, -0.2) is 4.39 Å². The lowest BCUT2D eigenvalue weighted by Gasteiger charge is -2.41. The maximum absolute atomic E-state index is 13.8. The number of nitrogens with one attached hydrogen (secondary N) is 1. The number of nitrogens with zero attached hydrogens (tertiary/aromatic N) is 1. The number of piperidine rings is 1. The molecule has 0 spiro atoms. The predicted octanol–water partition coefficient (Wildman–Crippen LogP) is 5.27. The molecule has 6 heteroatoms. The fourth-order valence-electron chi connectivity index (χ4n) is 4.20. The average molecular weight is 432 g/mol. The molecule has 32 heavy (non-hydrogen) atoms. The van der Waals surface area contributed by atoms with E-state index in [1.807, 2.05) is 49.4 Å². The standard InChI is InChI=1S/C26H25FN2O3/c1-17-8-9-19(27)16-23(17)28-26(31)22-14-15-24(30)29(20-10-12-21(32-2)13-11-20)25(22)18-6-4-3-5-7-18/h3-13,16,22,25H,14-15H2,1-2H3,(H,28,31)/t22-,25+/m1/s1. The Kier molecular flexibility index (Phi) is 6.21. The van der Waals surface area contributed by atoms with Crippen LogP contribution in [0.4, 0.5) is 15.8 Å². The number of hydrogen-bond donors (Lipinski definition) is 1. The molecule has 3 aromatic carbocycles. The lowest BCUT2D eigenvalue weighted by Crippen LogP contribution is -2.47. The second-order valence-corrected chi connectivity index (χ2v) is 7.91. The fraction of sp³-hybridized carbons (Fsp3) is 0.231. The number of hydrogen-bond acceptors (Lipinski definition) is 3. The van der Waals surface area contributed by atoms with Crippen LogP contribution in [0.3, 0.4) is 0 Å². The molecule has 0 saturated carbocycles. The minimum absolute atomic E-state index is 0.0463. The highest BCUT2D eigenvalue weighted by Crippen LogP contribution is 2.41. The highest BCUT2D eigenvalue weighted by atomic mass is 19.1. The topological polar surface area (TPSA) is 58.6 Å². The van der Waals surface area contributed by atoms with E-state index in [9.17, 15) is 14.0 Å². The molecule has 1 heterocycles. The molecule has 0 bridgehead atoms. The third-order valence-electron chi connectivity index (χ3n) is 5.88. The van der Waals surface area contributed by atoms with E-state index < -0.39 is 17.8 Å². The molecule has 1 aliphatic heterocycles. The van der Waals surface area contributed by atoms with Gasteiger partial charge in [0.1, 0.15) is 11.6 Å². The van der Waals surface area contributed by atoms with Crippen LogP contribution in [0.5, 0.6) is 5.75 Å². The monoisotopic (exact) mass is 432 g/mol. The van der Waals surface area contributed by atoms with Crippen molar-refractivity contribution in [3.05, 3.63) is 89.7 Å². The number of benzene rings is 3. The highest BCUT2D eigenvalue weighted by molar-refractivity contribution is 6.00. The number of amides is 2. The van der Waals surface area contributed by atoms with Gasteiger partial charge in [-0.15, -0.1) is 0 Å². The molecular weight excluding hydrogens is 407 g/mol. The van der Waals surface area contributed by atoms with Gasteiger partial charge in [0.15, 0.2) is 0 Å². The van der Waals surface area contributed by atoms with Gasteiger partial charge in [-0.3, -0.25) is 9.59 Å². The zero-order valence-electron chi connectivity index (χ0n) is 18.0. The van der Waals surface area contributed by atoms with Crippen LogP contribution in [-0.2, 0) is 9.59 Å². The third-order valence-corrected chi connectivity index (χ3v) is 5.88. The summed E-state index contributed by atoms with van der Waals surface area (Å²) >= 11 is 0. The maximum atomic E-state index is 13.8. The molecule has 1 fully saturated rings. The van der Waals surface area contributed by atoms with Crippen LogP contribution < -0.4 is 15.0 Å². The second-order valence-electron chi connectivity index (χ2n) is 7.91. The van der Waals surface area contributed by atoms with Crippen molar-refractivity contribution in [2.24, 2.45) is 5.92 Å². The largest absolute Gasteiger partial charge is 0.497 e. The smallest absolute Gasteiger partial charge is 0.229 e. The summed E-state index contributed by atoms with van der Waals surface area (Å²) in [6.07, 6.45) is 0.654. The Morgan fingerprint density at radius 1 is 1.06 bits per heavy atom. The predicted molar refractivity (Wildman–Crippen MR) is 122 cm³/mol. The van der Waals surface area contributed by atoms with E-state index in [4.69, 9.17) is 4.74 Å². The van der Waals surface area contributed by atoms with E-state index >= 15 is 0 Å². The number of carbonyl (C=O) groups excluding carboxylic acids is 2. The first-order valence-corrected chi connectivity index (χ1v) is 10.6. The Morgan fingerprint density at radius 3 is 2.47 bits per heavy atom. The molecule has 0 aliphatic carbocycles. The van der Waals surface area contributed by atoms with Gasteiger partial charge >= 0.3 is 0 Å². The van der Waals surface area contributed by atoms with Gasteiger partial charge in [-0.1, -0.05) is 36.4 Å². The lowest BCUT2D eigenvalue weighted by atomic mass is 9.83.